The number of nitrogens with one attached hydrogen (secondary N) is 2. The second-order valence-electron chi connectivity index (χ2n) is 5.70. The van der Waals surface area contributed by atoms with Gasteiger partial charge in [0, 0.05) is 23.5 Å². The fourth-order valence-electron chi connectivity index (χ4n) is 2.40. The quantitative estimate of drug-likeness (QED) is 0.668. The SMILES string of the molecule is O=C(NCCc1cccc(Cl)c1)c1ccc(Nc2ccc(F)cc2)nc1. The van der Waals surface area contributed by atoms with Gasteiger partial charge in [-0.05, 0) is 60.5 Å². The Balaban J connectivity index is 1.52. The zero-order valence-electron chi connectivity index (χ0n) is 13.9. The molecule has 0 radical (unpaired) electrons. The number of nitrogens with zero attached hydrogens (tertiary/aromatic N) is 1. The molecule has 4 nitrogen and oxygen atoms in total. The lowest BCUT2D eigenvalue weighted by Crippen LogP contribution is -2.25. The van der Waals surface area contributed by atoms with Crippen molar-refractivity contribution in [3.05, 3.63) is 88.8 Å². The van der Waals surface area contributed by atoms with Crippen LogP contribution in [0.15, 0.2) is 66.9 Å². The Kier molecular flexibility index (Phi) is 5.81. The van der Waals surface area contributed by atoms with Gasteiger partial charge in [0.05, 0.1) is 5.56 Å². The summed E-state index contributed by atoms with van der Waals surface area (Å²) in [4.78, 5) is 16.4. The number of hydrogen-bond donors (Lipinski definition) is 2. The maximum Gasteiger partial charge on any atom is 0.252 e. The number of carbonyl (C=O) groups is 1. The topological polar surface area (TPSA) is 54.0 Å². The Hall–Kier alpha value is -2.92. The third-order valence-corrected chi connectivity index (χ3v) is 3.97. The van der Waals surface area contributed by atoms with Crippen LogP contribution in [0.25, 0.3) is 0 Å². The van der Waals surface area contributed by atoms with Crippen molar-refractivity contribution >= 4 is 29.0 Å². The smallest absolute Gasteiger partial charge is 0.252 e. The summed E-state index contributed by atoms with van der Waals surface area (Å²) in [7, 11) is 0. The number of rotatable bonds is 6. The van der Waals surface area contributed by atoms with Crippen molar-refractivity contribution < 1.29 is 9.18 Å². The van der Waals surface area contributed by atoms with Crippen LogP contribution in [0.5, 0.6) is 0 Å². The molecule has 1 heterocycles. The van der Waals surface area contributed by atoms with Gasteiger partial charge in [0.25, 0.3) is 5.91 Å². The molecule has 6 heteroatoms. The van der Waals surface area contributed by atoms with E-state index in [4.69, 9.17) is 11.6 Å². The zero-order valence-corrected chi connectivity index (χ0v) is 14.6. The normalized spacial score (nSPS) is 10.4. The fourth-order valence-corrected chi connectivity index (χ4v) is 2.61. The molecule has 0 aliphatic carbocycles. The monoisotopic (exact) mass is 369 g/mol. The predicted octanol–water partition coefficient (Wildman–Crippen LogP) is 4.59. The van der Waals surface area contributed by atoms with Gasteiger partial charge >= 0.3 is 0 Å². The van der Waals surface area contributed by atoms with Crippen LogP contribution in [-0.4, -0.2) is 17.4 Å². The molecule has 1 aromatic heterocycles. The first-order valence-corrected chi connectivity index (χ1v) is 8.49. The molecule has 0 aliphatic heterocycles. The van der Waals surface area contributed by atoms with E-state index in [1.165, 1.54) is 18.3 Å². The standard InChI is InChI=1S/C20H17ClFN3O/c21-16-3-1-2-14(12-16)10-11-23-20(26)15-4-9-19(24-13-15)25-18-7-5-17(22)6-8-18/h1-9,12-13H,10-11H2,(H,23,26)(H,24,25). The van der Waals surface area contributed by atoms with Crippen LogP contribution < -0.4 is 10.6 Å². The molecule has 0 saturated carbocycles. The Labute approximate surface area is 156 Å². The summed E-state index contributed by atoms with van der Waals surface area (Å²) >= 11 is 5.94. The van der Waals surface area contributed by atoms with E-state index in [9.17, 15) is 9.18 Å². The molecule has 1 amide bonds. The fraction of sp³-hybridized carbons (Fsp3) is 0.100. The van der Waals surface area contributed by atoms with Gasteiger partial charge in [-0.25, -0.2) is 9.37 Å². The van der Waals surface area contributed by atoms with Gasteiger partial charge < -0.3 is 10.6 Å². The molecule has 0 bridgehead atoms. The molecule has 0 fully saturated rings. The lowest BCUT2D eigenvalue weighted by Gasteiger charge is -2.08. The Morgan fingerprint density at radius 3 is 2.58 bits per heavy atom. The van der Waals surface area contributed by atoms with Crippen LogP contribution in [0.2, 0.25) is 5.02 Å². The van der Waals surface area contributed by atoms with Crippen LogP contribution in [0.3, 0.4) is 0 Å². The van der Waals surface area contributed by atoms with E-state index >= 15 is 0 Å². The number of hydrogen-bond acceptors (Lipinski definition) is 3. The van der Waals surface area contributed by atoms with Crippen molar-refractivity contribution in [2.24, 2.45) is 0 Å². The largest absolute Gasteiger partial charge is 0.352 e. The number of pyridine rings is 1. The number of benzene rings is 2. The lowest BCUT2D eigenvalue weighted by molar-refractivity contribution is 0.0954. The minimum Gasteiger partial charge on any atom is -0.352 e. The summed E-state index contributed by atoms with van der Waals surface area (Å²) in [6.07, 6.45) is 2.20. The molecular formula is C20H17ClFN3O. The minimum absolute atomic E-state index is 0.187. The second-order valence-corrected chi connectivity index (χ2v) is 6.14. The van der Waals surface area contributed by atoms with Crippen LogP contribution >= 0.6 is 11.6 Å². The highest BCUT2D eigenvalue weighted by Gasteiger charge is 2.06. The van der Waals surface area contributed by atoms with Crippen molar-refractivity contribution in [1.29, 1.82) is 0 Å². The third-order valence-electron chi connectivity index (χ3n) is 3.73. The average molecular weight is 370 g/mol. The van der Waals surface area contributed by atoms with Crippen LogP contribution in [0.1, 0.15) is 15.9 Å². The predicted molar refractivity (Wildman–Crippen MR) is 101 cm³/mol. The number of aromatic nitrogens is 1. The van der Waals surface area contributed by atoms with Crippen molar-refractivity contribution in [1.82, 2.24) is 10.3 Å². The summed E-state index contributed by atoms with van der Waals surface area (Å²) in [5.41, 5.74) is 2.26. The lowest BCUT2D eigenvalue weighted by atomic mass is 10.1. The molecule has 0 unspecified atom stereocenters. The molecule has 0 saturated heterocycles. The van der Waals surface area contributed by atoms with E-state index in [1.807, 2.05) is 24.3 Å². The molecule has 0 atom stereocenters. The van der Waals surface area contributed by atoms with Crippen molar-refractivity contribution in [2.75, 3.05) is 11.9 Å². The van der Waals surface area contributed by atoms with Crippen LogP contribution in [0.4, 0.5) is 15.9 Å². The Morgan fingerprint density at radius 2 is 1.88 bits per heavy atom. The Morgan fingerprint density at radius 1 is 1.08 bits per heavy atom. The molecule has 0 spiro atoms. The Bertz CT molecular complexity index is 882. The van der Waals surface area contributed by atoms with Gasteiger partial charge in [0.2, 0.25) is 0 Å². The van der Waals surface area contributed by atoms with Crippen LogP contribution in [0, 0.1) is 5.82 Å². The first kappa shape index (κ1) is 17.9. The maximum atomic E-state index is 12.9. The van der Waals surface area contributed by atoms with Crippen molar-refractivity contribution in [3.8, 4) is 0 Å². The second kappa shape index (κ2) is 8.45. The van der Waals surface area contributed by atoms with E-state index in [-0.39, 0.29) is 11.7 Å². The van der Waals surface area contributed by atoms with E-state index in [0.717, 1.165) is 11.3 Å². The number of halogens is 2. The first-order chi connectivity index (χ1) is 12.6. The molecule has 3 aromatic rings. The summed E-state index contributed by atoms with van der Waals surface area (Å²) in [5, 5.41) is 6.59. The molecule has 2 N–H and O–H groups in total. The minimum atomic E-state index is -0.298. The van der Waals surface area contributed by atoms with Gasteiger partial charge in [-0.15, -0.1) is 0 Å². The third kappa shape index (κ3) is 5.04. The molecule has 0 aliphatic rings. The number of amides is 1. The molecule has 132 valence electrons. The summed E-state index contributed by atoms with van der Waals surface area (Å²) in [6, 6.07) is 16.9. The molecule has 26 heavy (non-hydrogen) atoms. The summed E-state index contributed by atoms with van der Waals surface area (Å²) in [5.74, 6) is 0.0910. The van der Waals surface area contributed by atoms with E-state index in [2.05, 4.69) is 15.6 Å². The number of carbonyl (C=O) groups excluding carboxylic acids is 1. The highest BCUT2D eigenvalue weighted by atomic mass is 35.5. The van der Waals surface area contributed by atoms with Gasteiger partial charge in [0.1, 0.15) is 11.6 Å². The van der Waals surface area contributed by atoms with Crippen molar-refractivity contribution in [3.63, 3.8) is 0 Å². The zero-order chi connectivity index (χ0) is 18.4. The van der Waals surface area contributed by atoms with E-state index in [1.54, 1.807) is 24.3 Å². The van der Waals surface area contributed by atoms with Gasteiger partial charge in [0.15, 0.2) is 0 Å². The molecule has 3 rings (SSSR count). The maximum absolute atomic E-state index is 12.9. The van der Waals surface area contributed by atoms with Gasteiger partial charge in [-0.3, -0.25) is 4.79 Å². The highest BCUT2D eigenvalue weighted by Crippen LogP contribution is 2.15. The van der Waals surface area contributed by atoms with Gasteiger partial charge in [-0.1, -0.05) is 23.7 Å². The van der Waals surface area contributed by atoms with Gasteiger partial charge in [-0.2, -0.15) is 0 Å². The van der Waals surface area contributed by atoms with Crippen molar-refractivity contribution in [2.45, 2.75) is 6.42 Å². The summed E-state index contributed by atoms with van der Waals surface area (Å²) in [6.45, 7) is 0.509. The van der Waals surface area contributed by atoms with E-state index < -0.39 is 0 Å². The number of anilines is 2. The summed E-state index contributed by atoms with van der Waals surface area (Å²) < 4.78 is 12.9. The highest BCUT2D eigenvalue weighted by molar-refractivity contribution is 6.30. The first-order valence-electron chi connectivity index (χ1n) is 8.11. The molecular weight excluding hydrogens is 353 g/mol. The molecule has 2 aromatic carbocycles. The van der Waals surface area contributed by atoms with Crippen LogP contribution in [-0.2, 0) is 6.42 Å². The average Bonchev–Trinajstić information content (AvgIpc) is 2.64. The van der Waals surface area contributed by atoms with E-state index in [0.29, 0.717) is 29.4 Å².